The first-order valence-electron chi connectivity index (χ1n) is 6.88. The van der Waals surface area contributed by atoms with E-state index in [1.54, 1.807) is 6.92 Å². The number of rotatable bonds is 8. The monoisotopic (exact) mass is 317 g/mol. The second-order valence-electron chi connectivity index (χ2n) is 5.41. The molecule has 0 aromatic carbocycles. The summed E-state index contributed by atoms with van der Waals surface area (Å²) in [6, 6.07) is 1.53. The number of aromatic nitrogens is 1. The van der Waals surface area contributed by atoms with Crippen LogP contribution in [-0.2, 0) is 14.8 Å². The molecule has 1 aromatic rings. The number of amides is 1. The van der Waals surface area contributed by atoms with Crippen LogP contribution in [0.3, 0.4) is 0 Å². The number of carbonyl (C=O) groups is 1. The third kappa shape index (κ3) is 6.16. The predicted octanol–water partition coefficient (Wildman–Crippen LogP) is 1.30. The number of hydrogen-bond acceptors (Lipinski definition) is 5. The van der Waals surface area contributed by atoms with Crippen molar-refractivity contribution in [3.8, 4) is 0 Å². The number of aryl methyl sites for hydroxylation is 1. The number of nitrogens with zero attached hydrogens (tertiary/aromatic N) is 2. The van der Waals surface area contributed by atoms with Crippen LogP contribution in [0.4, 0.5) is 5.82 Å². The quantitative estimate of drug-likeness (QED) is 0.780. The lowest BCUT2D eigenvalue weighted by atomic mass is 10.1. The highest BCUT2D eigenvalue weighted by Crippen LogP contribution is 2.17. The van der Waals surface area contributed by atoms with E-state index in [2.05, 4.69) is 24.3 Å². The van der Waals surface area contributed by atoms with Crippen molar-refractivity contribution in [3.05, 3.63) is 11.8 Å². The Morgan fingerprint density at radius 2 is 2.14 bits per heavy atom. The van der Waals surface area contributed by atoms with Crippen LogP contribution >= 0.6 is 0 Å². The molecule has 7 nitrogen and oxygen atoms in total. The number of nitrogens with one attached hydrogen (secondary N) is 1. The largest absolute Gasteiger partial charge is 0.360 e. The first-order valence-corrected chi connectivity index (χ1v) is 8.72. The van der Waals surface area contributed by atoms with Gasteiger partial charge in [0.25, 0.3) is 0 Å². The Morgan fingerprint density at radius 1 is 1.48 bits per heavy atom. The fourth-order valence-corrected chi connectivity index (χ4v) is 2.56. The molecule has 0 fully saturated rings. The third-order valence-corrected chi connectivity index (χ3v) is 4.03. The van der Waals surface area contributed by atoms with Gasteiger partial charge in [0, 0.05) is 25.6 Å². The first kappa shape index (κ1) is 17.5. The van der Waals surface area contributed by atoms with Crippen molar-refractivity contribution in [1.82, 2.24) is 10.5 Å². The lowest BCUT2D eigenvalue weighted by molar-refractivity contribution is -0.120. The van der Waals surface area contributed by atoms with E-state index in [1.165, 1.54) is 6.07 Å². The minimum Gasteiger partial charge on any atom is -0.360 e. The molecule has 0 spiro atoms. The lowest BCUT2D eigenvalue weighted by Gasteiger charge is -2.18. The molecule has 1 aromatic heterocycles. The fourth-order valence-electron chi connectivity index (χ4n) is 1.71. The maximum atomic E-state index is 11.8. The van der Waals surface area contributed by atoms with E-state index in [0.29, 0.717) is 18.2 Å². The molecule has 0 saturated carbocycles. The number of hydrogen-bond donors (Lipinski definition) is 1. The third-order valence-electron chi connectivity index (χ3n) is 2.86. The fraction of sp³-hybridized carbons (Fsp3) is 0.692. The molecule has 8 heteroatoms. The average molecular weight is 317 g/mol. The number of anilines is 1. The smallest absolute Gasteiger partial charge is 0.233 e. The van der Waals surface area contributed by atoms with Crippen molar-refractivity contribution >= 4 is 21.7 Å². The van der Waals surface area contributed by atoms with Gasteiger partial charge in [0.2, 0.25) is 15.9 Å². The van der Waals surface area contributed by atoms with Crippen molar-refractivity contribution < 1.29 is 17.7 Å². The van der Waals surface area contributed by atoms with Crippen LogP contribution in [0.25, 0.3) is 0 Å². The molecule has 120 valence electrons. The topological polar surface area (TPSA) is 92.5 Å². The Morgan fingerprint density at radius 3 is 2.62 bits per heavy atom. The molecule has 0 aliphatic rings. The van der Waals surface area contributed by atoms with Gasteiger partial charge in [-0.25, -0.2) is 8.42 Å². The van der Waals surface area contributed by atoms with Gasteiger partial charge in [0.1, 0.15) is 5.76 Å². The summed E-state index contributed by atoms with van der Waals surface area (Å²) < 4.78 is 29.5. The van der Waals surface area contributed by atoms with E-state index in [1.807, 2.05) is 0 Å². The van der Waals surface area contributed by atoms with Crippen molar-refractivity contribution in [3.63, 3.8) is 0 Å². The van der Waals surface area contributed by atoms with Crippen molar-refractivity contribution in [2.75, 3.05) is 23.7 Å². The van der Waals surface area contributed by atoms with Gasteiger partial charge in [-0.05, 0) is 19.3 Å². The molecular weight excluding hydrogens is 294 g/mol. The standard InChI is InChI=1S/C13H23N3O4S/c1-10(2)5-7-14-13(17)6-8-16(21(4,18)19)12-9-11(3)20-15-12/h9-10H,5-8H2,1-4H3,(H,14,17). The van der Waals surface area contributed by atoms with Gasteiger partial charge in [0.05, 0.1) is 6.26 Å². The van der Waals surface area contributed by atoms with Crippen molar-refractivity contribution in [2.24, 2.45) is 5.92 Å². The molecule has 1 amide bonds. The zero-order valence-electron chi connectivity index (χ0n) is 12.9. The summed E-state index contributed by atoms with van der Waals surface area (Å²) in [5.74, 6) is 1.05. The second-order valence-corrected chi connectivity index (χ2v) is 7.32. The molecule has 0 atom stereocenters. The first-order chi connectivity index (χ1) is 9.70. The van der Waals surface area contributed by atoms with E-state index >= 15 is 0 Å². The van der Waals surface area contributed by atoms with Gasteiger partial charge in [-0.3, -0.25) is 9.10 Å². The van der Waals surface area contributed by atoms with Crippen LogP contribution in [-0.4, -0.2) is 38.8 Å². The minimum absolute atomic E-state index is 0.0400. The summed E-state index contributed by atoms with van der Waals surface area (Å²) in [5.41, 5.74) is 0. The summed E-state index contributed by atoms with van der Waals surface area (Å²) in [6.07, 6.45) is 2.05. The Bertz CT molecular complexity index is 566. The van der Waals surface area contributed by atoms with E-state index in [0.717, 1.165) is 17.0 Å². The van der Waals surface area contributed by atoms with Crippen LogP contribution in [0.15, 0.2) is 10.6 Å². The normalized spacial score (nSPS) is 11.7. The molecule has 0 bridgehead atoms. The maximum Gasteiger partial charge on any atom is 0.233 e. The average Bonchev–Trinajstić information content (AvgIpc) is 2.73. The summed E-state index contributed by atoms with van der Waals surface area (Å²) in [4.78, 5) is 11.7. The Labute approximate surface area is 125 Å². The van der Waals surface area contributed by atoms with Crippen LogP contribution in [0.2, 0.25) is 0 Å². The summed E-state index contributed by atoms with van der Waals surface area (Å²) in [5, 5.41) is 6.46. The summed E-state index contributed by atoms with van der Waals surface area (Å²) in [6.45, 7) is 6.46. The van der Waals surface area contributed by atoms with Gasteiger partial charge in [0.15, 0.2) is 5.82 Å². The summed E-state index contributed by atoms with van der Waals surface area (Å²) in [7, 11) is -3.50. The van der Waals surface area contributed by atoms with E-state index < -0.39 is 10.0 Å². The van der Waals surface area contributed by atoms with Gasteiger partial charge in [-0.1, -0.05) is 19.0 Å². The molecule has 1 heterocycles. The second kappa shape index (κ2) is 7.44. The molecule has 21 heavy (non-hydrogen) atoms. The SMILES string of the molecule is Cc1cc(N(CCC(=O)NCCC(C)C)S(C)(=O)=O)no1. The highest BCUT2D eigenvalue weighted by Gasteiger charge is 2.21. The molecule has 0 unspecified atom stereocenters. The van der Waals surface area contributed by atoms with Gasteiger partial charge in [-0.15, -0.1) is 0 Å². The maximum absolute atomic E-state index is 11.8. The Hall–Kier alpha value is -1.57. The van der Waals surface area contributed by atoms with Crippen LogP contribution < -0.4 is 9.62 Å². The number of sulfonamides is 1. The van der Waals surface area contributed by atoms with Crippen molar-refractivity contribution in [2.45, 2.75) is 33.6 Å². The predicted molar refractivity (Wildman–Crippen MR) is 80.5 cm³/mol. The van der Waals surface area contributed by atoms with E-state index in [-0.39, 0.29) is 24.7 Å². The highest BCUT2D eigenvalue weighted by molar-refractivity contribution is 7.92. The van der Waals surface area contributed by atoms with E-state index in [4.69, 9.17) is 4.52 Å². The van der Waals surface area contributed by atoms with Crippen molar-refractivity contribution in [1.29, 1.82) is 0 Å². The Balaban J connectivity index is 2.57. The van der Waals surface area contributed by atoms with Crippen LogP contribution in [0, 0.1) is 12.8 Å². The van der Waals surface area contributed by atoms with Gasteiger partial charge >= 0.3 is 0 Å². The molecule has 1 N–H and O–H groups in total. The molecular formula is C13H23N3O4S. The number of carbonyl (C=O) groups excluding carboxylic acids is 1. The zero-order chi connectivity index (χ0) is 16.0. The van der Waals surface area contributed by atoms with Gasteiger partial charge in [-0.2, -0.15) is 0 Å². The zero-order valence-corrected chi connectivity index (χ0v) is 13.7. The molecule has 0 aliphatic heterocycles. The minimum atomic E-state index is -3.50. The van der Waals surface area contributed by atoms with Crippen LogP contribution in [0.5, 0.6) is 0 Å². The molecule has 1 rings (SSSR count). The molecule has 0 radical (unpaired) electrons. The molecule has 0 saturated heterocycles. The summed E-state index contributed by atoms with van der Waals surface area (Å²) >= 11 is 0. The van der Waals surface area contributed by atoms with E-state index in [9.17, 15) is 13.2 Å². The van der Waals surface area contributed by atoms with Crippen LogP contribution in [0.1, 0.15) is 32.4 Å². The lowest BCUT2D eigenvalue weighted by Crippen LogP contribution is -2.35. The molecule has 0 aliphatic carbocycles. The van der Waals surface area contributed by atoms with Gasteiger partial charge < -0.3 is 9.84 Å². The highest BCUT2D eigenvalue weighted by atomic mass is 32.2. The Kier molecular flexibility index (Phi) is 6.19.